The standard InChI is InChI=1S/C9H14ClNO3/c1-13-6-7(12)4-11-5-8-2-3-9(10)14-8/h2-3,7,11-12H,4-6H2,1H3. The number of hydrogen-bond acceptors (Lipinski definition) is 4. The van der Waals surface area contributed by atoms with Crippen molar-refractivity contribution in [3.63, 3.8) is 0 Å². The Morgan fingerprint density at radius 2 is 2.43 bits per heavy atom. The Morgan fingerprint density at radius 1 is 1.64 bits per heavy atom. The van der Waals surface area contributed by atoms with Crippen LogP contribution in [0.3, 0.4) is 0 Å². The monoisotopic (exact) mass is 219 g/mol. The highest BCUT2D eigenvalue weighted by Gasteiger charge is 2.03. The summed E-state index contributed by atoms with van der Waals surface area (Å²) in [5.41, 5.74) is 0. The second-order valence-electron chi connectivity index (χ2n) is 2.95. The van der Waals surface area contributed by atoms with E-state index in [4.69, 9.17) is 20.8 Å². The van der Waals surface area contributed by atoms with Crippen molar-refractivity contribution in [2.45, 2.75) is 12.6 Å². The lowest BCUT2D eigenvalue weighted by Crippen LogP contribution is -2.29. The number of nitrogens with one attached hydrogen (secondary N) is 1. The van der Waals surface area contributed by atoms with Crippen molar-refractivity contribution in [2.75, 3.05) is 20.3 Å². The van der Waals surface area contributed by atoms with Crippen LogP contribution in [0.25, 0.3) is 0 Å². The summed E-state index contributed by atoms with van der Waals surface area (Å²) in [6, 6.07) is 3.47. The van der Waals surface area contributed by atoms with Crippen molar-refractivity contribution in [1.82, 2.24) is 5.32 Å². The van der Waals surface area contributed by atoms with Gasteiger partial charge in [-0.25, -0.2) is 0 Å². The van der Waals surface area contributed by atoms with Gasteiger partial charge in [0.15, 0.2) is 5.22 Å². The van der Waals surface area contributed by atoms with Gasteiger partial charge in [0.2, 0.25) is 0 Å². The van der Waals surface area contributed by atoms with Crippen LogP contribution < -0.4 is 5.32 Å². The molecule has 1 unspecified atom stereocenters. The van der Waals surface area contributed by atoms with Crippen LogP contribution in [0.5, 0.6) is 0 Å². The quantitative estimate of drug-likeness (QED) is 0.751. The summed E-state index contributed by atoms with van der Waals surface area (Å²) < 4.78 is 9.89. The Balaban J connectivity index is 2.15. The lowest BCUT2D eigenvalue weighted by atomic mass is 10.3. The van der Waals surface area contributed by atoms with Gasteiger partial charge in [0.05, 0.1) is 19.3 Å². The van der Waals surface area contributed by atoms with Crippen molar-refractivity contribution in [3.05, 3.63) is 23.1 Å². The van der Waals surface area contributed by atoms with Crippen molar-refractivity contribution < 1.29 is 14.3 Å². The molecule has 0 aliphatic heterocycles. The van der Waals surface area contributed by atoms with E-state index in [1.165, 1.54) is 0 Å². The molecule has 0 radical (unpaired) electrons. The third-order valence-corrected chi connectivity index (χ3v) is 1.87. The second-order valence-corrected chi connectivity index (χ2v) is 3.32. The average molecular weight is 220 g/mol. The van der Waals surface area contributed by atoms with E-state index in [1.807, 2.05) is 0 Å². The van der Waals surface area contributed by atoms with Crippen molar-refractivity contribution >= 4 is 11.6 Å². The summed E-state index contributed by atoms with van der Waals surface area (Å²) in [5, 5.41) is 12.7. The molecule has 2 N–H and O–H groups in total. The molecule has 1 aromatic heterocycles. The minimum atomic E-state index is -0.495. The summed E-state index contributed by atoms with van der Waals surface area (Å²) in [7, 11) is 1.55. The van der Waals surface area contributed by atoms with Gasteiger partial charge < -0.3 is 19.6 Å². The van der Waals surface area contributed by atoms with Gasteiger partial charge in [-0.1, -0.05) is 0 Å². The molecular weight excluding hydrogens is 206 g/mol. The van der Waals surface area contributed by atoms with Crippen LogP contribution in [0.15, 0.2) is 16.5 Å². The van der Waals surface area contributed by atoms with E-state index < -0.39 is 6.10 Å². The molecule has 1 atom stereocenters. The molecule has 0 amide bonds. The first kappa shape index (κ1) is 11.5. The fraction of sp³-hybridized carbons (Fsp3) is 0.556. The number of halogens is 1. The molecule has 1 aromatic rings. The van der Waals surface area contributed by atoms with Gasteiger partial charge in [-0.2, -0.15) is 0 Å². The molecule has 1 heterocycles. The van der Waals surface area contributed by atoms with E-state index in [1.54, 1.807) is 19.2 Å². The van der Waals surface area contributed by atoms with Gasteiger partial charge in [-0.15, -0.1) is 0 Å². The number of rotatable bonds is 6. The fourth-order valence-electron chi connectivity index (χ4n) is 1.06. The first-order valence-electron chi connectivity index (χ1n) is 4.34. The van der Waals surface area contributed by atoms with Crippen LogP contribution in [0.2, 0.25) is 5.22 Å². The number of furan rings is 1. The maximum atomic E-state index is 9.29. The smallest absolute Gasteiger partial charge is 0.193 e. The molecule has 14 heavy (non-hydrogen) atoms. The van der Waals surface area contributed by atoms with Crippen LogP contribution in [0.4, 0.5) is 0 Å². The SMILES string of the molecule is COCC(O)CNCc1ccc(Cl)o1. The molecule has 1 rings (SSSR count). The van der Waals surface area contributed by atoms with Crippen LogP contribution in [0, 0.1) is 0 Å². The molecule has 0 bridgehead atoms. The van der Waals surface area contributed by atoms with Gasteiger partial charge in [0, 0.05) is 13.7 Å². The van der Waals surface area contributed by atoms with Crippen LogP contribution in [0.1, 0.15) is 5.76 Å². The number of hydrogen-bond donors (Lipinski definition) is 2. The predicted molar refractivity (Wildman–Crippen MR) is 53.3 cm³/mol. The van der Waals surface area contributed by atoms with E-state index in [9.17, 15) is 5.11 Å². The van der Waals surface area contributed by atoms with Crippen molar-refractivity contribution in [3.8, 4) is 0 Å². The Kier molecular flexibility index (Phi) is 4.97. The maximum Gasteiger partial charge on any atom is 0.193 e. The van der Waals surface area contributed by atoms with E-state index in [2.05, 4.69) is 5.32 Å². The van der Waals surface area contributed by atoms with E-state index in [0.717, 1.165) is 5.76 Å². The molecule has 5 heteroatoms. The van der Waals surface area contributed by atoms with Crippen molar-refractivity contribution in [1.29, 1.82) is 0 Å². The highest BCUT2D eigenvalue weighted by molar-refractivity contribution is 6.28. The molecule has 0 aliphatic carbocycles. The van der Waals surface area contributed by atoms with Crippen LogP contribution in [-0.2, 0) is 11.3 Å². The Morgan fingerprint density at radius 3 is 3.00 bits per heavy atom. The summed E-state index contributed by atoms with van der Waals surface area (Å²) in [4.78, 5) is 0. The normalized spacial score (nSPS) is 13.1. The van der Waals surface area contributed by atoms with Crippen LogP contribution >= 0.6 is 11.6 Å². The van der Waals surface area contributed by atoms with E-state index in [-0.39, 0.29) is 0 Å². The largest absolute Gasteiger partial charge is 0.448 e. The Hall–Kier alpha value is -0.550. The maximum absolute atomic E-state index is 9.29. The lowest BCUT2D eigenvalue weighted by Gasteiger charge is -2.09. The summed E-state index contributed by atoms with van der Waals surface area (Å²) >= 11 is 5.59. The van der Waals surface area contributed by atoms with Gasteiger partial charge >= 0.3 is 0 Å². The highest BCUT2D eigenvalue weighted by Crippen LogP contribution is 2.12. The zero-order valence-electron chi connectivity index (χ0n) is 8.00. The Bertz CT molecular complexity index is 264. The molecular formula is C9H14ClNO3. The number of aliphatic hydroxyl groups is 1. The molecule has 0 saturated heterocycles. The summed E-state index contributed by atoms with van der Waals surface area (Å²) in [6.45, 7) is 1.34. The molecule has 80 valence electrons. The third kappa shape index (κ3) is 4.11. The molecule has 0 aliphatic rings. The molecule has 4 nitrogen and oxygen atoms in total. The third-order valence-electron chi connectivity index (χ3n) is 1.67. The van der Waals surface area contributed by atoms with Crippen LogP contribution in [-0.4, -0.2) is 31.5 Å². The minimum Gasteiger partial charge on any atom is -0.448 e. The highest BCUT2D eigenvalue weighted by atomic mass is 35.5. The predicted octanol–water partition coefficient (Wildman–Crippen LogP) is 1.03. The topological polar surface area (TPSA) is 54.6 Å². The van der Waals surface area contributed by atoms with Gasteiger partial charge in [0.25, 0.3) is 0 Å². The van der Waals surface area contributed by atoms with E-state index in [0.29, 0.717) is 24.9 Å². The van der Waals surface area contributed by atoms with Crippen molar-refractivity contribution in [2.24, 2.45) is 0 Å². The number of ether oxygens (including phenoxy) is 1. The molecule has 0 fully saturated rings. The van der Waals surface area contributed by atoms with Gasteiger partial charge in [0.1, 0.15) is 5.76 Å². The first-order chi connectivity index (χ1) is 6.72. The minimum absolute atomic E-state index is 0.325. The van der Waals surface area contributed by atoms with Gasteiger partial charge in [-0.05, 0) is 23.7 Å². The molecule has 0 saturated carbocycles. The first-order valence-corrected chi connectivity index (χ1v) is 4.72. The zero-order valence-corrected chi connectivity index (χ0v) is 8.75. The fourth-order valence-corrected chi connectivity index (χ4v) is 1.22. The number of aliphatic hydroxyl groups excluding tert-OH is 1. The van der Waals surface area contributed by atoms with Gasteiger partial charge in [-0.3, -0.25) is 0 Å². The summed E-state index contributed by atoms with van der Waals surface area (Å²) in [6.07, 6.45) is -0.495. The average Bonchev–Trinajstić information content (AvgIpc) is 2.52. The molecule has 0 spiro atoms. The molecule has 0 aromatic carbocycles. The number of methoxy groups -OCH3 is 1. The zero-order chi connectivity index (χ0) is 10.4. The lowest BCUT2D eigenvalue weighted by molar-refractivity contribution is 0.0641. The second kappa shape index (κ2) is 6.03. The summed E-state index contributed by atoms with van der Waals surface area (Å²) in [5.74, 6) is 0.750. The van der Waals surface area contributed by atoms with E-state index >= 15 is 0 Å². The Labute approximate surface area is 87.8 Å².